The number of likely N-dealkylation sites (N-methyl/N-ethyl adjacent to an activating group) is 2. The average molecular weight is 214 g/mol. The average Bonchev–Trinajstić information content (AvgIpc) is 2.18. The minimum Gasteiger partial charge on any atom is -0.313 e. The summed E-state index contributed by atoms with van der Waals surface area (Å²) in [7, 11) is 2.24. The predicted molar refractivity (Wildman–Crippen MR) is 69.4 cm³/mol. The molecule has 0 aliphatic heterocycles. The van der Waals surface area contributed by atoms with Crippen LogP contribution in [0.1, 0.15) is 53.9 Å². The van der Waals surface area contributed by atoms with E-state index in [1.165, 1.54) is 19.3 Å². The molecule has 0 aromatic rings. The van der Waals surface area contributed by atoms with Gasteiger partial charge in [-0.05, 0) is 40.3 Å². The Morgan fingerprint density at radius 2 is 1.80 bits per heavy atom. The molecule has 0 radical (unpaired) electrons. The van der Waals surface area contributed by atoms with Crippen molar-refractivity contribution < 1.29 is 0 Å². The number of nitrogens with zero attached hydrogens (tertiary/aromatic N) is 1. The molecule has 1 unspecified atom stereocenters. The van der Waals surface area contributed by atoms with Crippen molar-refractivity contribution >= 4 is 0 Å². The lowest BCUT2D eigenvalue weighted by Crippen LogP contribution is -2.48. The fourth-order valence-corrected chi connectivity index (χ4v) is 1.74. The Morgan fingerprint density at radius 1 is 1.20 bits per heavy atom. The minimum absolute atomic E-state index is 0.321. The molecular weight excluding hydrogens is 184 g/mol. The molecule has 92 valence electrons. The normalized spacial score (nSPS) is 14.6. The summed E-state index contributed by atoms with van der Waals surface area (Å²) in [6, 6.07) is 0.649. The van der Waals surface area contributed by atoms with Gasteiger partial charge in [0.2, 0.25) is 0 Å². The molecule has 2 heteroatoms. The lowest BCUT2D eigenvalue weighted by Gasteiger charge is -2.37. The largest absolute Gasteiger partial charge is 0.313 e. The SMILES string of the molecule is CCCC(CN(C)C(C)(C)CC)NCC. The Morgan fingerprint density at radius 3 is 2.20 bits per heavy atom. The third kappa shape index (κ3) is 5.53. The highest BCUT2D eigenvalue weighted by Crippen LogP contribution is 2.17. The Kier molecular flexibility index (Phi) is 7.20. The zero-order chi connectivity index (χ0) is 11.9. The third-order valence-electron chi connectivity index (χ3n) is 3.52. The van der Waals surface area contributed by atoms with Gasteiger partial charge in [-0.1, -0.05) is 27.2 Å². The van der Waals surface area contributed by atoms with E-state index in [0.29, 0.717) is 11.6 Å². The highest BCUT2D eigenvalue weighted by molar-refractivity contribution is 4.81. The Hall–Kier alpha value is -0.0800. The topological polar surface area (TPSA) is 15.3 Å². The van der Waals surface area contributed by atoms with Gasteiger partial charge in [0.1, 0.15) is 0 Å². The van der Waals surface area contributed by atoms with Crippen LogP contribution < -0.4 is 5.32 Å². The molecular formula is C13H30N2. The minimum atomic E-state index is 0.321. The third-order valence-corrected chi connectivity index (χ3v) is 3.52. The van der Waals surface area contributed by atoms with Crippen LogP contribution >= 0.6 is 0 Å². The van der Waals surface area contributed by atoms with Crippen molar-refractivity contribution in [3.63, 3.8) is 0 Å². The van der Waals surface area contributed by atoms with Gasteiger partial charge in [0.05, 0.1) is 0 Å². The van der Waals surface area contributed by atoms with Crippen LogP contribution in [0.2, 0.25) is 0 Å². The summed E-state index contributed by atoms with van der Waals surface area (Å²) in [6.07, 6.45) is 3.74. The summed E-state index contributed by atoms with van der Waals surface area (Å²) in [5, 5.41) is 3.57. The zero-order valence-corrected chi connectivity index (χ0v) is 11.6. The quantitative estimate of drug-likeness (QED) is 0.668. The van der Waals surface area contributed by atoms with E-state index in [1.807, 2.05) is 0 Å². The van der Waals surface area contributed by atoms with Crippen LogP contribution in [0.25, 0.3) is 0 Å². The monoisotopic (exact) mass is 214 g/mol. The Labute approximate surface area is 96.4 Å². The van der Waals surface area contributed by atoms with Crippen LogP contribution in [0.3, 0.4) is 0 Å². The summed E-state index contributed by atoms with van der Waals surface area (Å²) in [5.74, 6) is 0. The molecule has 0 rings (SSSR count). The molecule has 0 saturated carbocycles. The summed E-state index contributed by atoms with van der Waals surface area (Å²) >= 11 is 0. The van der Waals surface area contributed by atoms with Gasteiger partial charge in [-0.2, -0.15) is 0 Å². The first-order valence-corrected chi connectivity index (χ1v) is 6.42. The van der Waals surface area contributed by atoms with Gasteiger partial charge in [-0.15, -0.1) is 0 Å². The molecule has 0 fully saturated rings. The van der Waals surface area contributed by atoms with Crippen molar-refractivity contribution in [2.75, 3.05) is 20.1 Å². The van der Waals surface area contributed by atoms with Crippen LogP contribution in [0, 0.1) is 0 Å². The first kappa shape index (κ1) is 14.9. The maximum Gasteiger partial charge on any atom is 0.0194 e. The van der Waals surface area contributed by atoms with E-state index in [1.54, 1.807) is 0 Å². The highest BCUT2D eigenvalue weighted by atomic mass is 15.2. The van der Waals surface area contributed by atoms with Crippen LogP contribution in [0.5, 0.6) is 0 Å². The Bertz CT molecular complexity index is 149. The maximum absolute atomic E-state index is 3.57. The summed E-state index contributed by atoms with van der Waals surface area (Å²) in [5.41, 5.74) is 0.321. The highest BCUT2D eigenvalue weighted by Gasteiger charge is 2.23. The molecule has 0 amide bonds. The first-order valence-electron chi connectivity index (χ1n) is 6.42. The van der Waals surface area contributed by atoms with Gasteiger partial charge in [0.15, 0.2) is 0 Å². The van der Waals surface area contributed by atoms with Crippen molar-refractivity contribution in [3.05, 3.63) is 0 Å². The number of hydrogen-bond donors (Lipinski definition) is 1. The molecule has 0 spiro atoms. The van der Waals surface area contributed by atoms with Gasteiger partial charge in [-0.3, -0.25) is 4.90 Å². The predicted octanol–water partition coefficient (Wildman–Crippen LogP) is 2.89. The lowest BCUT2D eigenvalue weighted by atomic mass is 9.98. The molecule has 1 N–H and O–H groups in total. The van der Waals surface area contributed by atoms with Crippen molar-refractivity contribution in [1.82, 2.24) is 10.2 Å². The molecule has 0 aromatic heterocycles. The van der Waals surface area contributed by atoms with Crippen molar-refractivity contribution in [3.8, 4) is 0 Å². The molecule has 0 heterocycles. The van der Waals surface area contributed by atoms with E-state index in [4.69, 9.17) is 0 Å². The van der Waals surface area contributed by atoms with Crippen LogP contribution in [0.15, 0.2) is 0 Å². The second-order valence-corrected chi connectivity index (χ2v) is 5.09. The van der Waals surface area contributed by atoms with Crippen LogP contribution in [0.4, 0.5) is 0 Å². The standard InChI is InChI=1S/C13H30N2/c1-7-10-12(14-9-3)11-15(6)13(4,5)8-2/h12,14H,7-11H2,1-6H3. The van der Waals surface area contributed by atoms with E-state index >= 15 is 0 Å². The van der Waals surface area contributed by atoms with Crippen molar-refractivity contribution in [1.29, 1.82) is 0 Å². The van der Waals surface area contributed by atoms with Gasteiger partial charge >= 0.3 is 0 Å². The molecule has 1 atom stereocenters. The van der Waals surface area contributed by atoms with Gasteiger partial charge in [0.25, 0.3) is 0 Å². The van der Waals surface area contributed by atoms with Gasteiger partial charge < -0.3 is 5.32 Å². The number of rotatable bonds is 8. The van der Waals surface area contributed by atoms with E-state index in [9.17, 15) is 0 Å². The molecule has 0 aliphatic carbocycles. The molecule has 0 bridgehead atoms. The molecule has 0 saturated heterocycles. The fraction of sp³-hybridized carbons (Fsp3) is 1.00. The second-order valence-electron chi connectivity index (χ2n) is 5.09. The van der Waals surface area contributed by atoms with Crippen LogP contribution in [-0.2, 0) is 0 Å². The summed E-state index contributed by atoms with van der Waals surface area (Å²) in [6.45, 7) is 13.6. The number of hydrogen-bond acceptors (Lipinski definition) is 2. The van der Waals surface area contributed by atoms with E-state index < -0.39 is 0 Å². The van der Waals surface area contributed by atoms with E-state index in [0.717, 1.165) is 13.1 Å². The molecule has 2 nitrogen and oxygen atoms in total. The first-order chi connectivity index (χ1) is 6.97. The van der Waals surface area contributed by atoms with Gasteiger partial charge in [0, 0.05) is 18.1 Å². The molecule has 0 aromatic carbocycles. The van der Waals surface area contributed by atoms with Crippen molar-refractivity contribution in [2.24, 2.45) is 0 Å². The second kappa shape index (κ2) is 7.24. The molecule has 0 aliphatic rings. The van der Waals surface area contributed by atoms with E-state index in [2.05, 4.69) is 51.9 Å². The van der Waals surface area contributed by atoms with E-state index in [-0.39, 0.29) is 0 Å². The fourth-order valence-electron chi connectivity index (χ4n) is 1.74. The van der Waals surface area contributed by atoms with Crippen molar-refractivity contribution in [2.45, 2.75) is 65.5 Å². The Balaban J connectivity index is 4.14. The van der Waals surface area contributed by atoms with Crippen LogP contribution in [-0.4, -0.2) is 36.6 Å². The zero-order valence-electron chi connectivity index (χ0n) is 11.6. The molecule has 15 heavy (non-hydrogen) atoms. The summed E-state index contributed by atoms with van der Waals surface area (Å²) in [4.78, 5) is 2.48. The lowest BCUT2D eigenvalue weighted by molar-refractivity contribution is 0.133. The maximum atomic E-state index is 3.57. The number of nitrogens with one attached hydrogen (secondary N) is 1. The smallest absolute Gasteiger partial charge is 0.0194 e. The summed E-state index contributed by atoms with van der Waals surface area (Å²) < 4.78 is 0. The van der Waals surface area contributed by atoms with Gasteiger partial charge in [-0.25, -0.2) is 0 Å².